The zero-order chi connectivity index (χ0) is 12.3. The third kappa shape index (κ3) is 32.0. The van der Waals surface area contributed by atoms with Gasteiger partial charge >= 0.3 is 59.5 Å². The van der Waals surface area contributed by atoms with Crippen LogP contribution in [-0.2, 0) is 35.7 Å². The van der Waals surface area contributed by atoms with Gasteiger partial charge in [0.15, 0.2) is 0 Å². The fourth-order valence-corrected chi connectivity index (χ4v) is 1.54. The van der Waals surface area contributed by atoms with E-state index in [4.69, 9.17) is 19.8 Å². The van der Waals surface area contributed by atoms with E-state index in [-0.39, 0.29) is 0 Å². The standard InChI is InChI=1S/C6H5.2C2H4O2.Hg/c1-2-4-6-5-3-1;2*1-2(3)4;/h1-5H;2*1H3,(H,3,4);. The van der Waals surface area contributed by atoms with Crippen LogP contribution in [-0.4, -0.2) is 22.2 Å². The summed E-state index contributed by atoms with van der Waals surface area (Å²) >= 11 is 0.810. The van der Waals surface area contributed by atoms with Crippen molar-refractivity contribution in [2.24, 2.45) is 0 Å². The van der Waals surface area contributed by atoms with E-state index in [0.717, 1.165) is 40.0 Å². The second-order valence-corrected chi connectivity index (χ2v) is 5.70. The van der Waals surface area contributed by atoms with Gasteiger partial charge in [0.2, 0.25) is 0 Å². The molecule has 0 aromatic heterocycles. The molecule has 1 aromatic carbocycles. The summed E-state index contributed by atoms with van der Waals surface area (Å²) in [6, 6.07) is 10.6. The minimum absolute atomic E-state index is 0.810. The summed E-state index contributed by atoms with van der Waals surface area (Å²) in [5, 5.41) is 14.8. The van der Waals surface area contributed by atoms with E-state index in [1.165, 1.54) is 3.07 Å². The average molecular weight is 398 g/mol. The third-order valence-electron chi connectivity index (χ3n) is 0.843. The van der Waals surface area contributed by atoms with Gasteiger partial charge in [-0.1, -0.05) is 0 Å². The number of carbonyl (C=O) groups is 2. The molecule has 0 bridgehead atoms. The molecule has 4 nitrogen and oxygen atoms in total. The predicted molar refractivity (Wildman–Crippen MR) is 52.7 cm³/mol. The van der Waals surface area contributed by atoms with E-state index in [1.54, 1.807) is 0 Å². The van der Waals surface area contributed by atoms with Gasteiger partial charge in [0.25, 0.3) is 11.9 Å². The molecule has 0 spiro atoms. The Balaban J connectivity index is 0. The number of rotatable bonds is 0. The number of hydrogen-bond donors (Lipinski definition) is 2. The number of carboxylic acid groups (broad SMARTS) is 2. The zero-order valence-corrected chi connectivity index (χ0v) is 14.3. The Morgan fingerprint density at radius 1 is 1.00 bits per heavy atom. The molecule has 0 saturated heterocycles. The average Bonchev–Trinajstić information content (AvgIpc) is 2.03. The van der Waals surface area contributed by atoms with Crippen molar-refractivity contribution in [3.63, 3.8) is 0 Å². The van der Waals surface area contributed by atoms with Gasteiger partial charge in [-0.3, -0.25) is 9.59 Å². The van der Waals surface area contributed by atoms with Crippen LogP contribution in [0.3, 0.4) is 0 Å². The maximum atomic E-state index is 9.00. The van der Waals surface area contributed by atoms with Crippen LogP contribution in [0.15, 0.2) is 30.3 Å². The quantitative estimate of drug-likeness (QED) is 0.642. The molecule has 0 aliphatic heterocycles. The van der Waals surface area contributed by atoms with E-state index >= 15 is 0 Å². The van der Waals surface area contributed by atoms with Gasteiger partial charge < -0.3 is 10.2 Å². The van der Waals surface area contributed by atoms with Crippen LogP contribution in [0.25, 0.3) is 0 Å². The summed E-state index contributed by atoms with van der Waals surface area (Å²) in [5.41, 5.74) is 0. The van der Waals surface area contributed by atoms with Crippen molar-refractivity contribution in [1.29, 1.82) is 0 Å². The van der Waals surface area contributed by atoms with E-state index in [0.29, 0.717) is 0 Å². The molecule has 79 valence electrons. The first-order valence-corrected chi connectivity index (χ1v) is 6.87. The van der Waals surface area contributed by atoms with Gasteiger partial charge in [0, 0.05) is 13.8 Å². The second kappa shape index (κ2) is 11.2. The molecular formula is C10H13HgO4. The number of carboxylic acids is 2. The molecule has 15 heavy (non-hydrogen) atoms. The topological polar surface area (TPSA) is 74.6 Å². The normalized spacial score (nSPS) is 7.47. The molecule has 1 rings (SSSR count). The summed E-state index contributed by atoms with van der Waals surface area (Å²) in [6.07, 6.45) is 0. The SMILES string of the molecule is CC(=O)O.CC(=O)O.[Hg][c]1ccccc1. The van der Waals surface area contributed by atoms with Gasteiger partial charge in [0.05, 0.1) is 0 Å². The Morgan fingerprint density at radius 3 is 1.40 bits per heavy atom. The Labute approximate surface area is 105 Å². The second-order valence-electron chi connectivity index (χ2n) is 2.52. The van der Waals surface area contributed by atoms with Crippen molar-refractivity contribution in [3.05, 3.63) is 30.3 Å². The Morgan fingerprint density at radius 2 is 1.27 bits per heavy atom. The molecule has 0 saturated carbocycles. The molecule has 0 aliphatic rings. The van der Waals surface area contributed by atoms with Crippen LogP contribution in [0.4, 0.5) is 0 Å². The van der Waals surface area contributed by atoms with Crippen LogP contribution < -0.4 is 3.07 Å². The molecular weight excluding hydrogens is 385 g/mol. The minimum atomic E-state index is -0.833. The van der Waals surface area contributed by atoms with Crippen LogP contribution in [0, 0.1) is 0 Å². The maximum absolute atomic E-state index is 9.00. The van der Waals surface area contributed by atoms with E-state index in [9.17, 15) is 0 Å². The van der Waals surface area contributed by atoms with Gasteiger partial charge in [0.1, 0.15) is 0 Å². The summed E-state index contributed by atoms with van der Waals surface area (Å²) in [5.74, 6) is -1.67. The Hall–Kier alpha value is -0.905. The van der Waals surface area contributed by atoms with Crippen molar-refractivity contribution in [1.82, 2.24) is 0 Å². The molecule has 5 heteroatoms. The van der Waals surface area contributed by atoms with Gasteiger partial charge in [-0.2, -0.15) is 0 Å². The van der Waals surface area contributed by atoms with Crippen molar-refractivity contribution in [3.8, 4) is 0 Å². The van der Waals surface area contributed by atoms with Crippen LogP contribution >= 0.6 is 0 Å². The summed E-state index contributed by atoms with van der Waals surface area (Å²) in [6.45, 7) is 2.17. The fraction of sp³-hybridized carbons (Fsp3) is 0.200. The summed E-state index contributed by atoms with van der Waals surface area (Å²) in [4.78, 5) is 18.0. The Bertz CT molecular complexity index is 265. The van der Waals surface area contributed by atoms with Gasteiger partial charge in [-0.05, 0) is 0 Å². The first-order chi connectivity index (χ1) is 6.86. The molecule has 0 amide bonds. The van der Waals surface area contributed by atoms with Crippen molar-refractivity contribution < 1.29 is 45.9 Å². The van der Waals surface area contributed by atoms with Crippen LogP contribution in [0.5, 0.6) is 0 Å². The Kier molecular flexibility index (Phi) is 12.3. The van der Waals surface area contributed by atoms with Gasteiger partial charge in [-0.25, -0.2) is 0 Å². The van der Waals surface area contributed by atoms with Crippen molar-refractivity contribution >= 4 is 15.0 Å². The van der Waals surface area contributed by atoms with E-state index in [1.807, 2.05) is 0 Å². The van der Waals surface area contributed by atoms with Crippen molar-refractivity contribution in [2.45, 2.75) is 13.8 Å². The predicted octanol–water partition coefficient (Wildman–Crippen LogP) is 1.04. The van der Waals surface area contributed by atoms with E-state index < -0.39 is 11.9 Å². The van der Waals surface area contributed by atoms with Crippen LogP contribution in [0.2, 0.25) is 0 Å². The third-order valence-corrected chi connectivity index (χ3v) is 2.68. The summed E-state index contributed by atoms with van der Waals surface area (Å²) in [7, 11) is 0. The molecule has 0 radical (unpaired) electrons. The number of hydrogen-bond acceptors (Lipinski definition) is 2. The molecule has 0 unspecified atom stereocenters. The summed E-state index contributed by atoms with van der Waals surface area (Å²) < 4.78 is 1.52. The molecule has 1 aromatic rings. The zero-order valence-electron chi connectivity index (χ0n) is 8.80. The first-order valence-electron chi connectivity index (χ1n) is 4.12. The monoisotopic (exact) mass is 399 g/mol. The molecule has 0 atom stereocenters. The molecule has 0 fully saturated rings. The molecule has 0 aliphatic carbocycles. The van der Waals surface area contributed by atoms with Gasteiger partial charge in [-0.15, -0.1) is 0 Å². The van der Waals surface area contributed by atoms with E-state index in [2.05, 4.69) is 30.3 Å². The number of aliphatic carboxylic acids is 2. The first kappa shape index (κ1) is 16.5. The van der Waals surface area contributed by atoms with Crippen molar-refractivity contribution in [2.75, 3.05) is 0 Å². The number of benzene rings is 1. The molecule has 0 heterocycles. The van der Waals surface area contributed by atoms with Crippen LogP contribution in [0.1, 0.15) is 13.8 Å². The molecule has 2 N–H and O–H groups in total. The fourth-order valence-electron chi connectivity index (χ4n) is 0.478.